The molecule has 0 aromatic heterocycles. The van der Waals surface area contributed by atoms with Gasteiger partial charge < -0.3 is 25.1 Å². The number of hydrogen-bond acceptors (Lipinski definition) is 5. The lowest BCUT2D eigenvalue weighted by molar-refractivity contribution is 0.323. The second-order valence-electron chi connectivity index (χ2n) is 5.27. The predicted octanol–water partition coefficient (Wildman–Crippen LogP) is 3.05. The molecule has 0 aliphatic carbocycles. The highest BCUT2D eigenvalue weighted by atomic mass is 16.5. The molecule has 2 aromatic carbocycles. The van der Waals surface area contributed by atoms with Gasteiger partial charge in [-0.25, -0.2) is 0 Å². The number of ether oxygens (including phenoxy) is 3. The highest BCUT2D eigenvalue weighted by Gasteiger charge is 2.14. The first kappa shape index (κ1) is 17.0. The Labute approximate surface area is 136 Å². The number of methoxy groups -OCH3 is 3. The minimum Gasteiger partial charge on any atom is -0.508 e. The zero-order chi connectivity index (χ0) is 16.8. The van der Waals surface area contributed by atoms with Crippen LogP contribution >= 0.6 is 0 Å². The second kappa shape index (κ2) is 7.74. The molecular weight excluding hydrogens is 294 g/mol. The van der Waals surface area contributed by atoms with Crippen LogP contribution in [0.1, 0.15) is 23.6 Å². The van der Waals surface area contributed by atoms with Crippen LogP contribution in [0.2, 0.25) is 0 Å². The van der Waals surface area contributed by atoms with Crippen molar-refractivity contribution in [2.75, 3.05) is 21.3 Å². The van der Waals surface area contributed by atoms with Gasteiger partial charge in [-0.05, 0) is 48.2 Å². The third-order valence-electron chi connectivity index (χ3n) is 3.77. The first-order chi connectivity index (χ1) is 11.1. The normalized spacial score (nSPS) is 11.8. The van der Waals surface area contributed by atoms with Crippen molar-refractivity contribution in [2.24, 2.45) is 5.73 Å². The number of phenols is 1. The Morgan fingerprint density at radius 2 is 1.65 bits per heavy atom. The molecule has 2 rings (SSSR count). The zero-order valence-corrected chi connectivity index (χ0v) is 13.7. The SMILES string of the molecule is COc1cc(CC[C@@H](N)c2cccc(O)c2)cc(OC)c1OC. The van der Waals surface area contributed by atoms with Crippen LogP contribution < -0.4 is 19.9 Å². The number of nitrogens with two attached hydrogens (primary N) is 1. The topological polar surface area (TPSA) is 73.9 Å². The van der Waals surface area contributed by atoms with Crippen LogP contribution in [0.25, 0.3) is 0 Å². The second-order valence-corrected chi connectivity index (χ2v) is 5.27. The molecule has 0 heterocycles. The molecule has 5 heteroatoms. The summed E-state index contributed by atoms with van der Waals surface area (Å²) >= 11 is 0. The zero-order valence-electron chi connectivity index (χ0n) is 13.7. The maximum absolute atomic E-state index is 9.54. The molecule has 23 heavy (non-hydrogen) atoms. The Morgan fingerprint density at radius 1 is 1.00 bits per heavy atom. The summed E-state index contributed by atoms with van der Waals surface area (Å²) in [5.74, 6) is 2.07. The molecule has 0 aliphatic heterocycles. The quantitative estimate of drug-likeness (QED) is 0.821. The largest absolute Gasteiger partial charge is 0.508 e. The van der Waals surface area contributed by atoms with E-state index in [2.05, 4.69) is 0 Å². The Morgan fingerprint density at radius 3 is 2.17 bits per heavy atom. The van der Waals surface area contributed by atoms with Crippen LogP contribution in [-0.2, 0) is 6.42 Å². The number of rotatable bonds is 7. The van der Waals surface area contributed by atoms with Gasteiger partial charge in [-0.15, -0.1) is 0 Å². The summed E-state index contributed by atoms with van der Waals surface area (Å²) in [6.45, 7) is 0. The standard InChI is InChI=1S/C18H23NO4/c1-21-16-9-12(10-17(22-2)18(16)23-3)7-8-15(19)13-5-4-6-14(20)11-13/h4-6,9-11,15,20H,7-8,19H2,1-3H3/t15-/m1/s1. The van der Waals surface area contributed by atoms with E-state index in [0.717, 1.165) is 24.0 Å². The third kappa shape index (κ3) is 4.07. The molecular formula is C18H23NO4. The van der Waals surface area contributed by atoms with E-state index >= 15 is 0 Å². The maximum atomic E-state index is 9.54. The summed E-state index contributed by atoms with van der Waals surface area (Å²) in [5, 5.41) is 9.54. The van der Waals surface area contributed by atoms with Gasteiger partial charge in [0.15, 0.2) is 11.5 Å². The summed E-state index contributed by atoms with van der Waals surface area (Å²) in [4.78, 5) is 0. The van der Waals surface area contributed by atoms with E-state index in [4.69, 9.17) is 19.9 Å². The van der Waals surface area contributed by atoms with E-state index in [1.807, 2.05) is 18.2 Å². The number of aryl methyl sites for hydroxylation is 1. The van der Waals surface area contributed by atoms with Gasteiger partial charge in [-0.1, -0.05) is 12.1 Å². The highest BCUT2D eigenvalue weighted by Crippen LogP contribution is 2.38. The van der Waals surface area contributed by atoms with Gasteiger partial charge in [0.25, 0.3) is 0 Å². The molecule has 0 radical (unpaired) electrons. The van der Waals surface area contributed by atoms with Crippen LogP contribution in [0, 0.1) is 0 Å². The fourth-order valence-corrected chi connectivity index (χ4v) is 2.52. The van der Waals surface area contributed by atoms with Gasteiger partial charge >= 0.3 is 0 Å². The summed E-state index contributed by atoms with van der Waals surface area (Å²) in [6, 6.07) is 10.7. The van der Waals surface area contributed by atoms with Crippen LogP contribution in [0.4, 0.5) is 0 Å². The molecule has 3 N–H and O–H groups in total. The molecule has 0 saturated heterocycles. The van der Waals surface area contributed by atoms with Crippen LogP contribution in [0.15, 0.2) is 36.4 Å². The fourth-order valence-electron chi connectivity index (χ4n) is 2.52. The highest BCUT2D eigenvalue weighted by molar-refractivity contribution is 5.53. The van der Waals surface area contributed by atoms with Crippen molar-refractivity contribution in [1.82, 2.24) is 0 Å². The van der Waals surface area contributed by atoms with Crippen molar-refractivity contribution in [2.45, 2.75) is 18.9 Å². The van der Waals surface area contributed by atoms with Crippen molar-refractivity contribution >= 4 is 0 Å². The molecule has 0 saturated carbocycles. The number of hydrogen-bond donors (Lipinski definition) is 2. The van der Waals surface area contributed by atoms with E-state index in [-0.39, 0.29) is 11.8 Å². The average Bonchev–Trinajstić information content (AvgIpc) is 2.58. The molecule has 0 spiro atoms. The third-order valence-corrected chi connectivity index (χ3v) is 3.77. The average molecular weight is 317 g/mol. The van der Waals surface area contributed by atoms with Gasteiger partial charge in [-0.3, -0.25) is 0 Å². The lowest BCUT2D eigenvalue weighted by Gasteiger charge is -2.16. The summed E-state index contributed by atoms with van der Waals surface area (Å²) < 4.78 is 16.0. The number of aromatic hydroxyl groups is 1. The molecule has 2 aromatic rings. The van der Waals surface area contributed by atoms with Crippen molar-refractivity contribution in [3.05, 3.63) is 47.5 Å². The molecule has 0 fully saturated rings. The Balaban J connectivity index is 2.14. The minimum absolute atomic E-state index is 0.152. The van der Waals surface area contributed by atoms with Crippen molar-refractivity contribution < 1.29 is 19.3 Å². The number of benzene rings is 2. The molecule has 0 amide bonds. The Hall–Kier alpha value is -2.40. The van der Waals surface area contributed by atoms with E-state index in [0.29, 0.717) is 17.2 Å². The molecule has 0 bridgehead atoms. The molecule has 1 atom stereocenters. The van der Waals surface area contributed by atoms with Gasteiger partial charge in [-0.2, -0.15) is 0 Å². The maximum Gasteiger partial charge on any atom is 0.203 e. The lowest BCUT2D eigenvalue weighted by atomic mass is 9.99. The van der Waals surface area contributed by atoms with Crippen molar-refractivity contribution in [3.8, 4) is 23.0 Å². The summed E-state index contributed by atoms with van der Waals surface area (Å²) in [5.41, 5.74) is 8.18. The van der Waals surface area contributed by atoms with Crippen LogP contribution in [0.5, 0.6) is 23.0 Å². The molecule has 124 valence electrons. The van der Waals surface area contributed by atoms with Gasteiger partial charge in [0.1, 0.15) is 5.75 Å². The summed E-state index contributed by atoms with van der Waals surface area (Å²) in [6.07, 6.45) is 1.50. The number of phenolic OH excluding ortho intramolecular Hbond substituents is 1. The molecule has 0 unspecified atom stereocenters. The van der Waals surface area contributed by atoms with Crippen LogP contribution in [0.3, 0.4) is 0 Å². The van der Waals surface area contributed by atoms with E-state index < -0.39 is 0 Å². The van der Waals surface area contributed by atoms with Gasteiger partial charge in [0.05, 0.1) is 21.3 Å². The first-order valence-corrected chi connectivity index (χ1v) is 7.42. The van der Waals surface area contributed by atoms with E-state index in [1.54, 1.807) is 39.5 Å². The minimum atomic E-state index is -0.152. The van der Waals surface area contributed by atoms with Crippen molar-refractivity contribution in [3.63, 3.8) is 0 Å². The smallest absolute Gasteiger partial charge is 0.203 e. The molecule has 0 aliphatic rings. The lowest BCUT2D eigenvalue weighted by Crippen LogP contribution is -2.11. The Kier molecular flexibility index (Phi) is 5.71. The van der Waals surface area contributed by atoms with Gasteiger partial charge in [0.2, 0.25) is 5.75 Å². The summed E-state index contributed by atoms with van der Waals surface area (Å²) in [7, 11) is 4.77. The first-order valence-electron chi connectivity index (χ1n) is 7.42. The fraction of sp³-hybridized carbons (Fsp3) is 0.333. The van der Waals surface area contributed by atoms with E-state index in [9.17, 15) is 5.11 Å². The van der Waals surface area contributed by atoms with E-state index in [1.165, 1.54) is 0 Å². The molecule has 5 nitrogen and oxygen atoms in total. The van der Waals surface area contributed by atoms with Crippen LogP contribution in [-0.4, -0.2) is 26.4 Å². The predicted molar refractivity (Wildman–Crippen MR) is 89.5 cm³/mol. The van der Waals surface area contributed by atoms with Crippen molar-refractivity contribution in [1.29, 1.82) is 0 Å². The van der Waals surface area contributed by atoms with Gasteiger partial charge in [0, 0.05) is 6.04 Å². The monoisotopic (exact) mass is 317 g/mol. The Bertz CT molecular complexity index is 632.